The molecule has 4 rings (SSSR count). The Morgan fingerprint density at radius 2 is 1.73 bits per heavy atom. The van der Waals surface area contributed by atoms with Crippen molar-refractivity contribution in [2.45, 2.75) is 13.5 Å². The summed E-state index contributed by atoms with van der Waals surface area (Å²) in [7, 11) is 4.55. The third kappa shape index (κ3) is 4.22. The normalized spacial score (nSPS) is 13.5. The molecule has 3 aromatic carbocycles. The van der Waals surface area contributed by atoms with E-state index in [-0.39, 0.29) is 24.0 Å². The second kappa shape index (κ2) is 9.24. The minimum Gasteiger partial charge on any atom is -0.493 e. The number of halogens is 1. The van der Waals surface area contributed by atoms with Crippen molar-refractivity contribution in [1.82, 2.24) is 0 Å². The number of hydrogen-bond acceptors (Lipinski definition) is 6. The lowest BCUT2D eigenvalue weighted by molar-refractivity contribution is 0.101. The van der Waals surface area contributed by atoms with Crippen molar-refractivity contribution in [3.8, 4) is 28.7 Å². The number of hydrogen-bond donors (Lipinski definition) is 0. The Kier molecular flexibility index (Phi) is 6.22. The highest BCUT2D eigenvalue weighted by molar-refractivity contribution is 6.15. The van der Waals surface area contributed by atoms with E-state index in [0.29, 0.717) is 51.0 Å². The molecular formula is C26H23FO6. The summed E-state index contributed by atoms with van der Waals surface area (Å²) in [6.07, 6.45) is 1.60. The van der Waals surface area contributed by atoms with E-state index >= 15 is 0 Å². The van der Waals surface area contributed by atoms with Gasteiger partial charge in [-0.2, -0.15) is 0 Å². The Bertz CT molecular complexity index is 1250. The molecule has 0 spiro atoms. The van der Waals surface area contributed by atoms with Gasteiger partial charge in [0.15, 0.2) is 17.3 Å². The smallest absolute Gasteiger partial charge is 0.232 e. The predicted octanol–water partition coefficient (Wildman–Crippen LogP) is 5.36. The number of rotatable bonds is 7. The van der Waals surface area contributed by atoms with Crippen molar-refractivity contribution in [3.63, 3.8) is 0 Å². The summed E-state index contributed by atoms with van der Waals surface area (Å²) < 4.78 is 41.7. The van der Waals surface area contributed by atoms with Crippen molar-refractivity contribution in [2.75, 3.05) is 21.3 Å². The van der Waals surface area contributed by atoms with Crippen LogP contribution in [0.4, 0.5) is 4.39 Å². The number of carbonyl (C=O) groups is 1. The average molecular weight is 450 g/mol. The standard InChI is InChI=1S/C26H23FO6/c1-15-11-18(32-14-17-7-5-6-8-19(17)27)13-21-23(15)24(28)22(33-21)12-16-9-10-20(29-2)26(31-4)25(16)30-3/h5-13H,14H2,1-4H3/b22-12-. The molecule has 0 unspecified atom stereocenters. The van der Waals surface area contributed by atoms with Gasteiger partial charge in [0.1, 0.15) is 23.9 Å². The average Bonchev–Trinajstić information content (AvgIpc) is 3.13. The van der Waals surface area contributed by atoms with E-state index in [2.05, 4.69) is 0 Å². The van der Waals surface area contributed by atoms with Crippen LogP contribution in [0.5, 0.6) is 28.7 Å². The van der Waals surface area contributed by atoms with Crippen LogP contribution in [0.25, 0.3) is 6.08 Å². The van der Waals surface area contributed by atoms with Gasteiger partial charge in [-0.3, -0.25) is 4.79 Å². The second-order valence-electron chi connectivity index (χ2n) is 7.36. The van der Waals surface area contributed by atoms with Crippen LogP contribution >= 0.6 is 0 Å². The molecule has 6 nitrogen and oxygen atoms in total. The Morgan fingerprint density at radius 1 is 0.970 bits per heavy atom. The monoisotopic (exact) mass is 450 g/mol. The fourth-order valence-corrected chi connectivity index (χ4v) is 3.72. The lowest BCUT2D eigenvalue weighted by atomic mass is 10.0. The van der Waals surface area contributed by atoms with Crippen LogP contribution in [0, 0.1) is 12.7 Å². The van der Waals surface area contributed by atoms with Crippen LogP contribution in [0.15, 0.2) is 54.3 Å². The van der Waals surface area contributed by atoms with Gasteiger partial charge in [0.2, 0.25) is 11.5 Å². The van der Waals surface area contributed by atoms with Gasteiger partial charge in [0.25, 0.3) is 0 Å². The topological polar surface area (TPSA) is 63.2 Å². The van der Waals surface area contributed by atoms with Crippen molar-refractivity contribution >= 4 is 11.9 Å². The number of Topliss-reactive ketones (excluding diaryl/α,β-unsaturated/α-hetero) is 1. The molecule has 0 radical (unpaired) electrons. The predicted molar refractivity (Wildman–Crippen MR) is 121 cm³/mol. The molecule has 1 heterocycles. The van der Waals surface area contributed by atoms with Gasteiger partial charge in [-0.15, -0.1) is 0 Å². The van der Waals surface area contributed by atoms with Crippen LogP contribution < -0.4 is 23.7 Å². The molecule has 1 aliphatic heterocycles. The maximum atomic E-state index is 13.9. The van der Waals surface area contributed by atoms with E-state index in [4.69, 9.17) is 23.7 Å². The zero-order chi connectivity index (χ0) is 23.5. The summed E-state index contributed by atoms with van der Waals surface area (Å²) in [5, 5.41) is 0. The largest absolute Gasteiger partial charge is 0.493 e. The number of benzene rings is 3. The van der Waals surface area contributed by atoms with Gasteiger partial charge in [-0.1, -0.05) is 18.2 Å². The third-order valence-corrected chi connectivity index (χ3v) is 5.32. The van der Waals surface area contributed by atoms with E-state index in [1.807, 2.05) is 0 Å². The fraction of sp³-hybridized carbons (Fsp3) is 0.192. The minimum absolute atomic E-state index is 0.0599. The fourth-order valence-electron chi connectivity index (χ4n) is 3.72. The van der Waals surface area contributed by atoms with Crippen LogP contribution in [-0.2, 0) is 6.61 Å². The third-order valence-electron chi connectivity index (χ3n) is 5.32. The first-order valence-electron chi connectivity index (χ1n) is 10.2. The summed E-state index contributed by atoms with van der Waals surface area (Å²) in [5.74, 6) is 1.76. The number of methoxy groups -OCH3 is 3. The summed E-state index contributed by atoms with van der Waals surface area (Å²) in [6, 6.07) is 13.3. The molecule has 1 aliphatic rings. The van der Waals surface area contributed by atoms with E-state index in [0.717, 1.165) is 0 Å². The van der Waals surface area contributed by atoms with Crippen molar-refractivity contribution in [3.05, 3.63) is 82.4 Å². The molecule has 3 aromatic rings. The molecule has 0 N–H and O–H groups in total. The van der Waals surface area contributed by atoms with Gasteiger partial charge in [-0.25, -0.2) is 4.39 Å². The van der Waals surface area contributed by atoms with Crippen LogP contribution in [0.3, 0.4) is 0 Å². The quantitative estimate of drug-likeness (QED) is 0.452. The van der Waals surface area contributed by atoms with Gasteiger partial charge < -0.3 is 23.7 Å². The van der Waals surface area contributed by atoms with Crippen LogP contribution in [0.1, 0.15) is 27.0 Å². The Hall–Kier alpha value is -4.00. The zero-order valence-electron chi connectivity index (χ0n) is 18.7. The maximum absolute atomic E-state index is 13.9. The van der Waals surface area contributed by atoms with Crippen molar-refractivity contribution in [1.29, 1.82) is 0 Å². The summed E-state index contributed by atoms with van der Waals surface area (Å²) in [4.78, 5) is 13.1. The number of ether oxygens (including phenoxy) is 5. The molecule has 0 aliphatic carbocycles. The maximum Gasteiger partial charge on any atom is 0.232 e. The highest BCUT2D eigenvalue weighted by Gasteiger charge is 2.30. The molecular weight excluding hydrogens is 427 g/mol. The Labute approximate surface area is 191 Å². The van der Waals surface area contributed by atoms with Gasteiger partial charge in [0, 0.05) is 17.2 Å². The van der Waals surface area contributed by atoms with Crippen LogP contribution in [-0.4, -0.2) is 27.1 Å². The molecule has 0 bridgehead atoms. The number of aryl methyl sites for hydroxylation is 1. The molecule has 0 aromatic heterocycles. The van der Waals surface area contributed by atoms with E-state index in [1.54, 1.807) is 55.5 Å². The van der Waals surface area contributed by atoms with E-state index in [9.17, 15) is 9.18 Å². The molecule has 33 heavy (non-hydrogen) atoms. The van der Waals surface area contributed by atoms with Crippen molar-refractivity contribution < 1.29 is 32.9 Å². The first kappa shape index (κ1) is 22.2. The molecule has 0 atom stereocenters. The van der Waals surface area contributed by atoms with E-state index < -0.39 is 0 Å². The zero-order valence-corrected chi connectivity index (χ0v) is 18.7. The lowest BCUT2D eigenvalue weighted by Gasteiger charge is -2.14. The highest BCUT2D eigenvalue weighted by Crippen LogP contribution is 2.42. The molecule has 0 saturated carbocycles. The number of fused-ring (bicyclic) bond motifs is 1. The van der Waals surface area contributed by atoms with Gasteiger partial charge >= 0.3 is 0 Å². The van der Waals surface area contributed by atoms with E-state index in [1.165, 1.54) is 27.4 Å². The Balaban J connectivity index is 1.63. The summed E-state index contributed by atoms with van der Waals surface area (Å²) in [6.45, 7) is 1.86. The highest BCUT2D eigenvalue weighted by atomic mass is 19.1. The first-order chi connectivity index (χ1) is 16.0. The van der Waals surface area contributed by atoms with Crippen LogP contribution in [0.2, 0.25) is 0 Å². The minimum atomic E-state index is -0.337. The van der Waals surface area contributed by atoms with Gasteiger partial charge in [-0.05, 0) is 42.8 Å². The number of allylic oxidation sites excluding steroid dienone is 1. The molecule has 7 heteroatoms. The summed E-state index contributed by atoms with van der Waals surface area (Å²) in [5.41, 5.74) is 2.19. The second-order valence-corrected chi connectivity index (χ2v) is 7.36. The van der Waals surface area contributed by atoms with Gasteiger partial charge in [0.05, 0.1) is 26.9 Å². The number of carbonyl (C=O) groups excluding carboxylic acids is 1. The van der Waals surface area contributed by atoms with Crippen molar-refractivity contribution in [2.24, 2.45) is 0 Å². The lowest BCUT2D eigenvalue weighted by Crippen LogP contribution is -2.01. The molecule has 0 fully saturated rings. The summed E-state index contributed by atoms with van der Waals surface area (Å²) >= 11 is 0. The first-order valence-corrected chi connectivity index (χ1v) is 10.2. The number of ketones is 1. The molecule has 0 saturated heterocycles. The molecule has 0 amide bonds. The molecule has 170 valence electrons. The Morgan fingerprint density at radius 3 is 2.42 bits per heavy atom. The SMILES string of the molecule is COc1ccc(/C=C2\Oc3cc(OCc4ccccc4F)cc(C)c3C2=O)c(OC)c1OC.